The van der Waals surface area contributed by atoms with Crippen LogP contribution in [0.5, 0.6) is 0 Å². The average Bonchev–Trinajstić information content (AvgIpc) is 3.16. The number of aliphatic hydroxyl groups excluding tert-OH is 2. The summed E-state index contributed by atoms with van der Waals surface area (Å²) in [6.07, 6.45) is 5.31. The van der Waals surface area contributed by atoms with Crippen molar-refractivity contribution in [2.45, 2.75) is 186 Å². The summed E-state index contributed by atoms with van der Waals surface area (Å²) in [7, 11) is 0. The molecule has 14 N–H and O–H groups in total. The lowest BCUT2D eigenvalue weighted by Crippen LogP contribution is -2.63. The number of esters is 1. The molecular formula is C41H74N10O11. The van der Waals surface area contributed by atoms with Crippen LogP contribution in [0.2, 0.25) is 0 Å². The van der Waals surface area contributed by atoms with Gasteiger partial charge in [0.15, 0.2) is 5.96 Å². The maximum absolute atomic E-state index is 13.9. The number of cyclic esters (lactones) is 1. The maximum Gasteiger partial charge on any atom is 0.328 e. The fourth-order valence-electron chi connectivity index (χ4n) is 6.66. The van der Waals surface area contributed by atoms with Gasteiger partial charge in [-0.25, -0.2) is 4.79 Å². The molecule has 0 saturated carbocycles. The zero-order valence-corrected chi connectivity index (χ0v) is 37.5. The summed E-state index contributed by atoms with van der Waals surface area (Å²) >= 11 is 0. The van der Waals surface area contributed by atoms with Gasteiger partial charge in [-0.2, -0.15) is 0 Å². The minimum Gasteiger partial charge on any atom is -0.458 e. The second-order valence-corrected chi connectivity index (χ2v) is 16.8. The largest absolute Gasteiger partial charge is 0.458 e. The van der Waals surface area contributed by atoms with E-state index in [9.17, 15) is 48.6 Å². The van der Waals surface area contributed by atoms with Crippen LogP contribution in [0.3, 0.4) is 0 Å². The summed E-state index contributed by atoms with van der Waals surface area (Å²) in [5.41, 5.74) is 16.0. The van der Waals surface area contributed by atoms with Gasteiger partial charge in [-0.15, -0.1) is 0 Å². The van der Waals surface area contributed by atoms with Gasteiger partial charge < -0.3 is 64.1 Å². The molecule has 7 amide bonds. The number of amides is 7. The first kappa shape index (κ1) is 55.0. The molecule has 0 radical (unpaired) electrons. The highest BCUT2D eigenvalue weighted by atomic mass is 16.5. The number of guanidine groups is 1. The van der Waals surface area contributed by atoms with Gasteiger partial charge in [-0.1, -0.05) is 85.5 Å². The maximum atomic E-state index is 13.9. The number of hydrogen-bond donors (Lipinski definition) is 11. The minimum absolute atomic E-state index is 0.112. The topological polar surface area (TPSA) is 349 Å². The van der Waals surface area contributed by atoms with Crippen LogP contribution in [0.15, 0.2) is 4.99 Å². The van der Waals surface area contributed by atoms with E-state index in [1.165, 1.54) is 20.8 Å². The van der Waals surface area contributed by atoms with Crippen molar-refractivity contribution in [3.63, 3.8) is 0 Å². The average molecular weight is 883 g/mol. The molecule has 1 saturated heterocycles. The predicted molar refractivity (Wildman–Crippen MR) is 230 cm³/mol. The Morgan fingerprint density at radius 2 is 1.13 bits per heavy atom. The first-order valence-corrected chi connectivity index (χ1v) is 21.8. The van der Waals surface area contributed by atoms with E-state index in [2.05, 4.69) is 36.9 Å². The molecule has 4 unspecified atom stereocenters. The fraction of sp³-hybridized carbons (Fsp3) is 0.780. The van der Waals surface area contributed by atoms with Crippen molar-refractivity contribution in [2.24, 2.45) is 34.0 Å². The molecular weight excluding hydrogens is 809 g/mol. The first-order valence-electron chi connectivity index (χ1n) is 21.8. The van der Waals surface area contributed by atoms with Crippen molar-refractivity contribution >= 4 is 53.3 Å². The number of aliphatic imine (C=N–C) groups is 1. The Bertz CT molecular complexity index is 1520. The zero-order valence-electron chi connectivity index (χ0n) is 37.5. The van der Waals surface area contributed by atoms with Crippen LogP contribution in [-0.4, -0.2) is 125 Å². The van der Waals surface area contributed by atoms with Crippen molar-refractivity contribution < 1.29 is 53.3 Å². The highest BCUT2D eigenvalue weighted by Gasteiger charge is 2.39. The minimum atomic E-state index is -1.68. The number of unbranched alkanes of at least 4 members (excludes halogenated alkanes) is 9. The molecule has 354 valence electrons. The molecule has 1 heterocycles. The monoisotopic (exact) mass is 883 g/mol. The third-order valence-corrected chi connectivity index (χ3v) is 10.3. The Morgan fingerprint density at radius 1 is 0.661 bits per heavy atom. The highest BCUT2D eigenvalue weighted by molar-refractivity contribution is 5.98. The molecule has 21 nitrogen and oxygen atoms in total. The summed E-state index contributed by atoms with van der Waals surface area (Å²) in [6, 6.07) is -8.99. The number of primary amides is 1. The van der Waals surface area contributed by atoms with E-state index in [1.807, 2.05) is 0 Å². The van der Waals surface area contributed by atoms with Gasteiger partial charge in [0.05, 0.1) is 25.0 Å². The number of carbonyl (C=O) groups is 8. The summed E-state index contributed by atoms with van der Waals surface area (Å²) < 4.78 is 5.52. The van der Waals surface area contributed by atoms with E-state index in [1.54, 1.807) is 27.7 Å². The number of carbonyl (C=O) groups excluding carboxylic acids is 8. The number of nitrogens with one attached hydrogen (secondary N) is 6. The van der Waals surface area contributed by atoms with Crippen molar-refractivity contribution in [3.05, 3.63) is 0 Å². The molecule has 1 aliphatic rings. The Balaban J connectivity index is 3.18. The number of ether oxygens (including phenoxy) is 1. The molecule has 9 atom stereocenters. The Labute approximate surface area is 365 Å². The SMILES string of the molecule is CC(C)C1NC(=O)C(C(C)C)NC(=O)C(NC(=O)C[C@H](O)CCCCCCCCCCCCN=C(N)N)C(C)OC(=O)[C@@H](C)NC(=O)[C@@H](CC(N)=O)NC(=O)[C@@H]([C@@H](C)O)NC1=O. The van der Waals surface area contributed by atoms with Crippen LogP contribution in [0.1, 0.15) is 132 Å². The lowest BCUT2D eigenvalue weighted by Gasteiger charge is -2.31. The number of aliphatic hydroxyl groups is 2. The quantitative estimate of drug-likeness (QED) is 0.0278. The van der Waals surface area contributed by atoms with Crippen molar-refractivity contribution in [3.8, 4) is 0 Å². The third-order valence-electron chi connectivity index (χ3n) is 10.3. The number of hydrogen-bond acceptors (Lipinski definition) is 12. The third kappa shape index (κ3) is 21.2. The van der Waals surface area contributed by atoms with Gasteiger partial charge in [0, 0.05) is 6.54 Å². The van der Waals surface area contributed by atoms with E-state index in [-0.39, 0.29) is 12.4 Å². The lowest BCUT2D eigenvalue weighted by molar-refractivity contribution is -0.155. The number of rotatable bonds is 21. The molecule has 0 spiro atoms. The second-order valence-electron chi connectivity index (χ2n) is 16.8. The van der Waals surface area contributed by atoms with E-state index < -0.39 is 120 Å². The molecule has 0 bridgehead atoms. The lowest BCUT2D eigenvalue weighted by atomic mass is 9.98. The van der Waals surface area contributed by atoms with Crippen molar-refractivity contribution in [1.82, 2.24) is 31.9 Å². The molecule has 0 aliphatic carbocycles. The zero-order chi connectivity index (χ0) is 47.1. The van der Waals surface area contributed by atoms with Crippen LogP contribution in [0.25, 0.3) is 0 Å². The molecule has 0 aromatic carbocycles. The summed E-state index contributed by atoms with van der Waals surface area (Å²) in [5, 5.41) is 35.8. The summed E-state index contributed by atoms with van der Waals surface area (Å²) in [5.74, 6) is -8.62. The van der Waals surface area contributed by atoms with Crippen molar-refractivity contribution in [1.29, 1.82) is 0 Å². The van der Waals surface area contributed by atoms with Crippen LogP contribution >= 0.6 is 0 Å². The Morgan fingerprint density at radius 3 is 1.61 bits per heavy atom. The molecule has 1 rings (SSSR count). The molecule has 0 aromatic heterocycles. The van der Waals surface area contributed by atoms with Crippen LogP contribution in [0, 0.1) is 11.8 Å². The van der Waals surface area contributed by atoms with Gasteiger partial charge in [0.2, 0.25) is 41.4 Å². The van der Waals surface area contributed by atoms with E-state index >= 15 is 0 Å². The predicted octanol–water partition coefficient (Wildman–Crippen LogP) is -1.26. The summed E-state index contributed by atoms with van der Waals surface area (Å²) in [4.78, 5) is 110. The van der Waals surface area contributed by atoms with Crippen LogP contribution in [0.4, 0.5) is 0 Å². The molecule has 0 aromatic rings. The van der Waals surface area contributed by atoms with Gasteiger partial charge in [-0.05, 0) is 45.4 Å². The Kier molecular flexibility index (Phi) is 25.3. The van der Waals surface area contributed by atoms with E-state index in [0.29, 0.717) is 19.4 Å². The fourth-order valence-corrected chi connectivity index (χ4v) is 6.66. The van der Waals surface area contributed by atoms with E-state index in [0.717, 1.165) is 57.8 Å². The Hall–Kier alpha value is -5.05. The van der Waals surface area contributed by atoms with Gasteiger partial charge in [-0.3, -0.25) is 38.6 Å². The van der Waals surface area contributed by atoms with Crippen LogP contribution in [-0.2, 0) is 43.1 Å². The standard InChI is InChI=1S/C41H74N10O11/c1-22(2)31-36(57)49-32(23(3)4)37(58)51-33(25(6)52)38(59)47-28(21-29(42)54)35(56)46-24(5)40(61)62-26(7)34(39(60)50-31)48-30(55)20-27(53)18-16-14-12-10-8-9-11-13-15-17-19-45-41(43)44/h22-28,31-34,52-53H,8-21H2,1-7H3,(H2,42,54)(H,46,56)(H,47,59)(H,48,55)(H,49,57)(H,50,60)(H,51,58)(H4,43,44,45)/t24-,25-,26?,27-,28-,31?,32?,33-,34?/m1/s1. The molecule has 21 heteroatoms. The summed E-state index contributed by atoms with van der Waals surface area (Å²) in [6.45, 7) is 10.8. The molecule has 1 aliphatic heterocycles. The smallest absolute Gasteiger partial charge is 0.328 e. The number of nitrogens with two attached hydrogens (primary N) is 3. The van der Waals surface area contributed by atoms with E-state index in [4.69, 9.17) is 21.9 Å². The van der Waals surface area contributed by atoms with Crippen LogP contribution < -0.4 is 49.1 Å². The van der Waals surface area contributed by atoms with Gasteiger partial charge in [0.25, 0.3) is 0 Å². The first-order chi connectivity index (χ1) is 29.0. The highest BCUT2D eigenvalue weighted by Crippen LogP contribution is 2.15. The van der Waals surface area contributed by atoms with Gasteiger partial charge in [0.1, 0.15) is 42.4 Å². The molecule has 1 fully saturated rings. The second kappa shape index (κ2) is 28.5. The molecule has 62 heavy (non-hydrogen) atoms. The normalized spacial score (nSPS) is 24.5. The number of nitrogens with zero attached hydrogens (tertiary/aromatic N) is 1. The van der Waals surface area contributed by atoms with Crippen molar-refractivity contribution in [2.75, 3.05) is 6.54 Å². The van der Waals surface area contributed by atoms with Gasteiger partial charge >= 0.3 is 5.97 Å².